The maximum Gasteiger partial charge on any atom is 0.255 e. The largest absolute Gasteiger partial charge is 0.383 e. The highest BCUT2D eigenvalue weighted by Gasteiger charge is 2.40. The Bertz CT molecular complexity index is 1360. The van der Waals surface area contributed by atoms with Gasteiger partial charge in [-0.05, 0) is 30.2 Å². The first-order valence-electron chi connectivity index (χ1n) is 11.4. The highest BCUT2D eigenvalue weighted by Crippen LogP contribution is 2.45. The Labute approximate surface area is 198 Å². The monoisotopic (exact) mass is 453 g/mol. The molecule has 4 aromatic rings. The third-order valence-electron chi connectivity index (χ3n) is 6.36. The summed E-state index contributed by atoms with van der Waals surface area (Å²) in [5.74, 6) is -0.345. The number of H-pyrrole nitrogens is 1. The average Bonchev–Trinajstić information content (AvgIpc) is 3.35. The Morgan fingerprint density at radius 2 is 1.76 bits per heavy atom. The highest BCUT2D eigenvalue weighted by molar-refractivity contribution is 6.03. The second-order valence-electron chi connectivity index (χ2n) is 8.59. The van der Waals surface area contributed by atoms with Gasteiger partial charge in [0.15, 0.2) is 0 Å². The van der Waals surface area contributed by atoms with Crippen LogP contribution >= 0.6 is 0 Å². The molecule has 0 bridgehead atoms. The van der Waals surface area contributed by atoms with Crippen molar-refractivity contribution in [2.75, 3.05) is 26.8 Å². The van der Waals surface area contributed by atoms with E-state index < -0.39 is 0 Å². The number of amides is 2. The van der Waals surface area contributed by atoms with Crippen LogP contribution in [0.2, 0.25) is 0 Å². The number of aryl methyl sites for hydroxylation is 1. The fourth-order valence-electron chi connectivity index (χ4n) is 4.74. The third-order valence-corrected chi connectivity index (χ3v) is 6.36. The van der Waals surface area contributed by atoms with Crippen molar-refractivity contribution in [2.24, 2.45) is 0 Å². The first-order chi connectivity index (χ1) is 16.6. The Balaban J connectivity index is 1.66. The Morgan fingerprint density at radius 3 is 2.56 bits per heavy atom. The van der Waals surface area contributed by atoms with Crippen LogP contribution in [0.5, 0.6) is 0 Å². The molecule has 2 amide bonds. The average molecular weight is 454 g/mol. The van der Waals surface area contributed by atoms with E-state index in [1.165, 1.54) is 5.56 Å². The SMILES string of the molecule is COCCNC(=O)CN1C(=O)c2ccccc2[C@@H]1c1c(-c2ccc(C)cc2)[nH]c2ccccc12. The van der Waals surface area contributed by atoms with Crippen molar-refractivity contribution in [3.8, 4) is 11.3 Å². The maximum absolute atomic E-state index is 13.5. The number of carbonyl (C=O) groups is 2. The molecule has 6 nitrogen and oxygen atoms in total. The van der Waals surface area contributed by atoms with Crippen molar-refractivity contribution in [3.05, 3.63) is 95.1 Å². The first-order valence-corrected chi connectivity index (χ1v) is 11.4. The molecule has 1 atom stereocenters. The minimum atomic E-state index is -0.385. The molecular formula is C28H27N3O3. The zero-order valence-corrected chi connectivity index (χ0v) is 19.3. The number of carbonyl (C=O) groups excluding carboxylic acids is 2. The van der Waals surface area contributed by atoms with Crippen LogP contribution in [0.25, 0.3) is 22.2 Å². The summed E-state index contributed by atoms with van der Waals surface area (Å²) in [7, 11) is 1.59. The van der Waals surface area contributed by atoms with Gasteiger partial charge >= 0.3 is 0 Å². The van der Waals surface area contributed by atoms with Crippen LogP contribution in [-0.2, 0) is 9.53 Å². The zero-order chi connectivity index (χ0) is 23.7. The summed E-state index contributed by atoms with van der Waals surface area (Å²) in [6, 6.07) is 23.7. The molecule has 1 aliphatic rings. The van der Waals surface area contributed by atoms with Gasteiger partial charge in [0, 0.05) is 35.7 Å². The van der Waals surface area contributed by atoms with Gasteiger partial charge < -0.3 is 19.9 Å². The topological polar surface area (TPSA) is 74.4 Å². The normalized spacial score (nSPS) is 15.1. The molecule has 5 rings (SSSR count). The molecule has 0 unspecified atom stereocenters. The molecule has 3 aromatic carbocycles. The quantitative estimate of drug-likeness (QED) is 0.406. The van der Waals surface area contributed by atoms with Crippen LogP contribution in [0.3, 0.4) is 0 Å². The molecular weight excluding hydrogens is 426 g/mol. The van der Waals surface area contributed by atoms with E-state index in [0.29, 0.717) is 18.7 Å². The van der Waals surface area contributed by atoms with E-state index in [2.05, 4.69) is 47.6 Å². The lowest BCUT2D eigenvalue weighted by Crippen LogP contribution is -2.40. The van der Waals surface area contributed by atoms with Gasteiger partial charge in [-0.2, -0.15) is 0 Å². The number of ether oxygens (including phenoxy) is 1. The number of hydrogen-bond donors (Lipinski definition) is 2. The summed E-state index contributed by atoms with van der Waals surface area (Å²) in [5.41, 5.74) is 6.72. The molecule has 0 aliphatic carbocycles. The Morgan fingerprint density at radius 1 is 1.03 bits per heavy atom. The van der Waals surface area contributed by atoms with Gasteiger partial charge in [-0.3, -0.25) is 9.59 Å². The fourth-order valence-corrected chi connectivity index (χ4v) is 4.74. The van der Waals surface area contributed by atoms with Gasteiger partial charge in [0.1, 0.15) is 6.54 Å². The molecule has 1 aliphatic heterocycles. The fraction of sp³-hybridized carbons (Fsp3) is 0.214. The number of methoxy groups -OCH3 is 1. The van der Waals surface area contributed by atoms with Gasteiger partial charge in [0.25, 0.3) is 5.91 Å². The van der Waals surface area contributed by atoms with Crippen molar-refractivity contribution in [3.63, 3.8) is 0 Å². The number of benzene rings is 3. The van der Waals surface area contributed by atoms with E-state index in [0.717, 1.165) is 33.3 Å². The van der Waals surface area contributed by atoms with Crippen molar-refractivity contribution >= 4 is 22.7 Å². The molecule has 0 saturated carbocycles. The van der Waals surface area contributed by atoms with Crippen molar-refractivity contribution in [1.82, 2.24) is 15.2 Å². The molecule has 0 radical (unpaired) electrons. The van der Waals surface area contributed by atoms with Gasteiger partial charge in [0.05, 0.1) is 18.3 Å². The maximum atomic E-state index is 13.5. The number of hydrogen-bond acceptors (Lipinski definition) is 3. The van der Waals surface area contributed by atoms with Crippen LogP contribution in [-0.4, -0.2) is 48.5 Å². The number of nitrogens with one attached hydrogen (secondary N) is 2. The molecule has 2 N–H and O–H groups in total. The number of aromatic amines is 1. The van der Waals surface area contributed by atoms with Crippen LogP contribution in [0.1, 0.15) is 33.1 Å². The summed E-state index contributed by atoms with van der Waals surface area (Å²) >= 11 is 0. The molecule has 34 heavy (non-hydrogen) atoms. The smallest absolute Gasteiger partial charge is 0.255 e. The van der Waals surface area contributed by atoms with Crippen LogP contribution < -0.4 is 5.32 Å². The summed E-state index contributed by atoms with van der Waals surface area (Å²) < 4.78 is 5.04. The standard InChI is InChI=1S/C28H27N3O3/c1-18-11-13-19(14-12-18)26-25(22-9-5-6-10-23(22)30-26)27-20-7-3-4-8-21(20)28(33)31(27)17-24(32)29-15-16-34-2/h3-14,27,30H,15-17H2,1-2H3,(H,29,32)/t27-/m1/s1. The number of para-hydroxylation sites is 1. The minimum absolute atomic E-state index is 0.0330. The van der Waals surface area contributed by atoms with E-state index in [1.54, 1.807) is 12.0 Å². The summed E-state index contributed by atoms with van der Waals surface area (Å²) in [5, 5.41) is 3.89. The van der Waals surface area contributed by atoms with E-state index in [-0.39, 0.29) is 24.4 Å². The Kier molecular flexibility index (Phi) is 5.90. The van der Waals surface area contributed by atoms with Crippen LogP contribution in [0, 0.1) is 6.92 Å². The molecule has 6 heteroatoms. The predicted octanol–water partition coefficient (Wildman–Crippen LogP) is 4.45. The highest BCUT2D eigenvalue weighted by atomic mass is 16.5. The molecule has 2 heterocycles. The van der Waals surface area contributed by atoms with Crippen molar-refractivity contribution in [1.29, 1.82) is 0 Å². The van der Waals surface area contributed by atoms with Crippen molar-refractivity contribution in [2.45, 2.75) is 13.0 Å². The number of aromatic nitrogens is 1. The van der Waals surface area contributed by atoms with E-state index >= 15 is 0 Å². The first kappa shape index (κ1) is 21.9. The molecule has 0 fully saturated rings. The summed E-state index contributed by atoms with van der Waals surface area (Å²) in [6.07, 6.45) is 0. The predicted molar refractivity (Wildman–Crippen MR) is 133 cm³/mol. The number of fused-ring (bicyclic) bond motifs is 2. The van der Waals surface area contributed by atoms with Gasteiger partial charge in [0.2, 0.25) is 5.91 Å². The van der Waals surface area contributed by atoms with Crippen LogP contribution in [0.4, 0.5) is 0 Å². The molecule has 0 spiro atoms. The van der Waals surface area contributed by atoms with Crippen molar-refractivity contribution < 1.29 is 14.3 Å². The van der Waals surface area contributed by atoms with E-state index in [1.807, 2.05) is 42.5 Å². The lowest BCUT2D eigenvalue weighted by atomic mass is 9.93. The molecule has 1 aromatic heterocycles. The zero-order valence-electron chi connectivity index (χ0n) is 19.3. The summed E-state index contributed by atoms with van der Waals surface area (Å²) in [4.78, 5) is 31.5. The van der Waals surface area contributed by atoms with Crippen LogP contribution in [0.15, 0.2) is 72.8 Å². The van der Waals surface area contributed by atoms with E-state index in [9.17, 15) is 9.59 Å². The number of nitrogens with zero attached hydrogens (tertiary/aromatic N) is 1. The van der Waals surface area contributed by atoms with Gasteiger partial charge in [-0.25, -0.2) is 0 Å². The third kappa shape index (κ3) is 3.86. The Hall–Kier alpha value is -3.90. The molecule has 172 valence electrons. The second kappa shape index (κ2) is 9.15. The van der Waals surface area contributed by atoms with Gasteiger partial charge in [-0.1, -0.05) is 66.2 Å². The van der Waals surface area contributed by atoms with E-state index in [4.69, 9.17) is 4.74 Å². The lowest BCUT2D eigenvalue weighted by Gasteiger charge is -2.26. The lowest BCUT2D eigenvalue weighted by molar-refractivity contribution is -0.122. The van der Waals surface area contributed by atoms with Gasteiger partial charge in [-0.15, -0.1) is 0 Å². The number of rotatable bonds is 7. The summed E-state index contributed by atoms with van der Waals surface area (Å²) in [6.45, 7) is 2.85. The second-order valence-corrected chi connectivity index (χ2v) is 8.59. The minimum Gasteiger partial charge on any atom is -0.383 e. The molecule has 0 saturated heterocycles.